The van der Waals surface area contributed by atoms with E-state index in [2.05, 4.69) is 16.4 Å². The maximum absolute atomic E-state index is 11.0. The van der Waals surface area contributed by atoms with Crippen LogP contribution >= 0.6 is 0 Å². The highest BCUT2D eigenvalue weighted by Gasteiger charge is 2.17. The molecule has 100 valence electrons. The second-order valence-corrected chi connectivity index (χ2v) is 4.25. The first kappa shape index (κ1) is 13.5. The Morgan fingerprint density at radius 1 is 1.45 bits per heavy atom. The smallest absolute Gasteiger partial charge is 0.314 e. The molecule has 0 saturated heterocycles. The van der Waals surface area contributed by atoms with Crippen LogP contribution in [0, 0.1) is 28.4 Å². The fraction of sp³-hybridized carbons (Fsp3) is 0.143. The van der Waals surface area contributed by atoms with Gasteiger partial charge in [0.1, 0.15) is 0 Å². The summed E-state index contributed by atoms with van der Waals surface area (Å²) >= 11 is 0. The molecular formula is C14H12N4O2. The van der Waals surface area contributed by atoms with Gasteiger partial charge in [-0.1, -0.05) is 12.1 Å². The number of pyridine rings is 1. The van der Waals surface area contributed by atoms with Gasteiger partial charge in [-0.15, -0.1) is 0 Å². The fourth-order valence-corrected chi connectivity index (χ4v) is 1.85. The van der Waals surface area contributed by atoms with E-state index in [0.29, 0.717) is 17.7 Å². The summed E-state index contributed by atoms with van der Waals surface area (Å²) in [6, 6.07) is 10.7. The van der Waals surface area contributed by atoms with Crippen molar-refractivity contribution < 1.29 is 4.92 Å². The number of rotatable bonds is 4. The normalized spacial score (nSPS) is 9.80. The van der Waals surface area contributed by atoms with Crippen molar-refractivity contribution in [3.8, 4) is 6.07 Å². The molecule has 0 aliphatic heterocycles. The Morgan fingerprint density at radius 2 is 2.25 bits per heavy atom. The summed E-state index contributed by atoms with van der Waals surface area (Å²) in [5, 5.41) is 22.8. The van der Waals surface area contributed by atoms with Crippen molar-refractivity contribution in [2.24, 2.45) is 0 Å². The minimum absolute atomic E-state index is 0.0241. The zero-order valence-electron chi connectivity index (χ0n) is 10.8. The van der Waals surface area contributed by atoms with Crippen LogP contribution in [0.4, 0.5) is 11.5 Å². The molecule has 0 aliphatic rings. The number of hydrogen-bond acceptors (Lipinski definition) is 5. The van der Waals surface area contributed by atoms with Crippen molar-refractivity contribution in [3.05, 3.63) is 63.3 Å². The third-order valence-corrected chi connectivity index (χ3v) is 2.82. The maximum atomic E-state index is 11.0. The predicted molar refractivity (Wildman–Crippen MR) is 74.1 cm³/mol. The summed E-state index contributed by atoms with van der Waals surface area (Å²) < 4.78 is 0. The first-order chi connectivity index (χ1) is 9.61. The van der Waals surface area contributed by atoms with Crippen LogP contribution in [0.2, 0.25) is 0 Å². The Kier molecular flexibility index (Phi) is 3.91. The lowest BCUT2D eigenvalue weighted by atomic mass is 10.1. The number of aromatic nitrogens is 1. The quantitative estimate of drug-likeness (QED) is 0.680. The van der Waals surface area contributed by atoms with Gasteiger partial charge >= 0.3 is 5.69 Å². The molecule has 1 N–H and O–H groups in total. The average Bonchev–Trinajstić information content (AvgIpc) is 2.45. The van der Waals surface area contributed by atoms with Crippen LogP contribution in [-0.2, 0) is 6.54 Å². The molecule has 6 heteroatoms. The molecule has 0 aliphatic carbocycles. The number of benzene rings is 1. The summed E-state index contributed by atoms with van der Waals surface area (Å²) in [5.74, 6) is 0.234. The molecule has 0 unspecified atom stereocenters. The van der Waals surface area contributed by atoms with Crippen LogP contribution in [0.3, 0.4) is 0 Å². The number of nitrogens with one attached hydrogen (secondary N) is 1. The maximum Gasteiger partial charge on any atom is 0.314 e. The molecule has 0 amide bonds. The van der Waals surface area contributed by atoms with Crippen molar-refractivity contribution in [1.82, 2.24) is 4.98 Å². The summed E-state index contributed by atoms with van der Waals surface area (Å²) in [5.41, 5.74) is 1.94. The van der Waals surface area contributed by atoms with Crippen LogP contribution in [0.1, 0.15) is 16.7 Å². The van der Waals surface area contributed by atoms with E-state index in [-0.39, 0.29) is 11.5 Å². The molecule has 0 saturated carbocycles. The van der Waals surface area contributed by atoms with Crippen LogP contribution < -0.4 is 5.32 Å². The molecule has 6 nitrogen and oxygen atoms in total. The fourth-order valence-electron chi connectivity index (χ4n) is 1.85. The molecule has 1 aromatic heterocycles. The third-order valence-electron chi connectivity index (χ3n) is 2.82. The third kappa shape index (κ3) is 2.90. The van der Waals surface area contributed by atoms with E-state index < -0.39 is 4.92 Å². The highest BCUT2D eigenvalue weighted by atomic mass is 16.6. The highest BCUT2D eigenvalue weighted by Crippen LogP contribution is 2.25. The number of nitriles is 1. The van der Waals surface area contributed by atoms with Crippen molar-refractivity contribution >= 4 is 11.5 Å². The summed E-state index contributed by atoms with van der Waals surface area (Å²) in [6.07, 6.45) is 1.52. The Hall–Kier alpha value is -2.94. The van der Waals surface area contributed by atoms with Crippen LogP contribution in [0.5, 0.6) is 0 Å². The predicted octanol–water partition coefficient (Wildman–Crippen LogP) is 2.78. The molecular weight excluding hydrogens is 256 g/mol. The number of nitro groups is 1. The average molecular weight is 268 g/mol. The van der Waals surface area contributed by atoms with Crippen LogP contribution in [-0.4, -0.2) is 9.91 Å². The molecule has 0 atom stereocenters. The van der Waals surface area contributed by atoms with Crippen molar-refractivity contribution in [2.45, 2.75) is 13.5 Å². The molecule has 0 spiro atoms. The van der Waals surface area contributed by atoms with E-state index in [1.807, 2.05) is 6.07 Å². The van der Waals surface area contributed by atoms with Gasteiger partial charge in [-0.25, -0.2) is 4.98 Å². The lowest BCUT2D eigenvalue weighted by Crippen LogP contribution is -2.05. The zero-order valence-corrected chi connectivity index (χ0v) is 10.8. The lowest BCUT2D eigenvalue weighted by Gasteiger charge is -2.07. The highest BCUT2D eigenvalue weighted by molar-refractivity contribution is 5.59. The zero-order chi connectivity index (χ0) is 14.5. The van der Waals surface area contributed by atoms with Gasteiger partial charge in [0.15, 0.2) is 0 Å². The van der Waals surface area contributed by atoms with Gasteiger partial charge in [-0.3, -0.25) is 10.1 Å². The summed E-state index contributed by atoms with van der Waals surface area (Å²) in [7, 11) is 0. The van der Waals surface area contributed by atoms with E-state index in [1.165, 1.54) is 6.20 Å². The standard InChI is InChI=1S/C14H12N4O2/c1-10-5-6-16-14(13(10)18(19)20)17-9-12-4-2-3-11(7-12)8-15/h2-7H,9H2,1H3,(H,16,17). The molecule has 1 heterocycles. The van der Waals surface area contributed by atoms with Crippen molar-refractivity contribution in [3.63, 3.8) is 0 Å². The molecule has 0 fully saturated rings. The number of anilines is 1. The number of hydrogen-bond donors (Lipinski definition) is 1. The van der Waals surface area contributed by atoms with Gasteiger partial charge in [0.25, 0.3) is 0 Å². The first-order valence-corrected chi connectivity index (χ1v) is 5.94. The SMILES string of the molecule is Cc1ccnc(NCc2cccc(C#N)c2)c1[N+](=O)[O-]. The Bertz CT molecular complexity index is 692. The summed E-state index contributed by atoms with van der Waals surface area (Å²) in [4.78, 5) is 14.6. The van der Waals surface area contributed by atoms with E-state index in [1.54, 1.807) is 31.2 Å². The van der Waals surface area contributed by atoms with Gasteiger partial charge in [0.05, 0.1) is 16.6 Å². The molecule has 0 bridgehead atoms. The van der Waals surface area contributed by atoms with Gasteiger partial charge in [-0.2, -0.15) is 5.26 Å². The summed E-state index contributed by atoms with van der Waals surface area (Å²) in [6.45, 7) is 2.04. The lowest BCUT2D eigenvalue weighted by molar-refractivity contribution is -0.384. The van der Waals surface area contributed by atoms with Gasteiger partial charge in [-0.05, 0) is 30.7 Å². The molecule has 1 aromatic carbocycles. The second kappa shape index (κ2) is 5.80. The van der Waals surface area contributed by atoms with E-state index >= 15 is 0 Å². The largest absolute Gasteiger partial charge is 0.360 e. The Balaban J connectivity index is 2.21. The minimum Gasteiger partial charge on any atom is -0.360 e. The molecule has 0 radical (unpaired) electrons. The van der Waals surface area contributed by atoms with Crippen LogP contribution in [0.15, 0.2) is 36.5 Å². The van der Waals surface area contributed by atoms with E-state index in [0.717, 1.165) is 5.56 Å². The number of aryl methyl sites for hydroxylation is 1. The number of nitrogens with zero attached hydrogens (tertiary/aromatic N) is 3. The second-order valence-electron chi connectivity index (χ2n) is 4.25. The van der Waals surface area contributed by atoms with Crippen molar-refractivity contribution in [1.29, 1.82) is 5.26 Å². The molecule has 2 rings (SSSR count). The monoisotopic (exact) mass is 268 g/mol. The molecule has 2 aromatic rings. The Morgan fingerprint density at radius 3 is 2.95 bits per heavy atom. The van der Waals surface area contributed by atoms with Crippen LogP contribution in [0.25, 0.3) is 0 Å². The molecule has 20 heavy (non-hydrogen) atoms. The van der Waals surface area contributed by atoms with Gasteiger partial charge in [0.2, 0.25) is 5.82 Å². The van der Waals surface area contributed by atoms with Gasteiger partial charge in [0, 0.05) is 18.3 Å². The van der Waals surface area contributed by atoms with Gasteiger partial charge < -0.3 is 5.32 Å². The first-order valence-electron chi connectivity index (χ1n) is 5.94. The van der Waals surface area contributed by atoms with Crippen molar-refractivity contribution in [2.75, 3.05) is 5.32 Å². The van der Waals surface area contributed by atoms with E-state index in [4.69, 9.17) is 5.26 Å². The minimum atomic E-state index is -0.448. The Labute approximate surface area is 115 Å². The van der Waals surface area contributed by atoms with E-state index in [9.17, 15) is 10.1 Å². The topological polar surface area (TPSA) is 91.8 Å².